The van der Waals surface area contributed by atoms with Crippen LogP contribution in [0.15, 0.2) is 28.0 Å². The highest BCUT2D eigenvalue weighted by Gasteiger charge is 2.21. The van der Waals surface area contributed by atoms with E-state index in [1.54, 1.807) is 0 Å². The van der Waals surface area contributed by atoms with Crippen molar-refractivity contribution in [3.63, 3.8) is 0 Å². The number of nitrogens with one attached hydrogen (secondary N) is 2. The lowest BCUT2D eigenvalue weighted by Crippen LogP contribution is -2.25. The van der Waals surface area contributed by atoms with Crippen molar-refractivity contribution in [2.24, 2.45) is 0 Å². The molecular formula is C13H22N2O4S2. The SMILES string of the molecule is CCCNc1ccc(S(C)(=O)=O)cc1S(=O)(=O)NCCC. The average molecular weight is 334 g/mol. The molecule has 8 heteroatoms. The Kier molecular flexibility index (Phi) is 6.18. The van der Waals surface area contributed by atoms with Gasteiger partial charge in [0.1, 0.15) is 4.90 Å². The molecule has 0 aliphatic heterocycles. The van der Waals surface area contributed by atoms with Gasteiger partial charge in [0.25, 0.3) is 0 Å². The number of rotatable bonds is 8. The quantitative estimate of drug-likeness (QED) is 0.753. The maximum absolute atomic E-state index is 12.3. The second-order valence-electron chi connectivity index (χ2n) is 4.75. The van der Waals surface area contributed by atoms with E-state index in [1.807, 2.05) is 13.8 Å². The minimum atomic E-state index is -3.74. The lowest BCUT2D eigenvalue weighted by molar-refractivity contribution is 0.580. The molecule has 0 heterocycles. The van der Waals surface area contributed by atoms with Gasteiger partial charge in [-0.15, -0.1) is 0 Å². The first-order valence-corrected chi connectivity index (χ1v) is 10.2. The summed E-state index contributed by atoms with van der Waals surface area (Å²) < 4.78 is 50.3. The van der Waals surface area contributed by atoms with Gasteiger partial charge in [0.2, 0.25) is 10.0 Å². The van der Waals surface area contributed by atoms with E-state index in [-0.39, 0.29) is 9.79 Å². The number of hydrogen-bond donors (Lipinski definition) is 2. The number of sulfone groups is 1. The normalized spacial score (nSPS) is 12.3. The summed E-state index contributed by atoms with van der Waals surface area (Å²) in [5.41, 5.74) is 0.410. The molecule has 0 unspecified atom stereocenters. The van der Waals surface area contributed by atoms with Crippen molar-refractivity contribution < 1.29 is 16.8 Å². The third-order valence-corrected chi connectivity index (χ3v) is 5.39. The minimum Gasteiger partial charge on any atom is -0.384 e. The Balaban J connectivity index is 3.35. The lowest BCUT2D eigenvalue weighted by atomic mass is 10.3. The molecule has 0 spiro atoms. The van der Waals surface area contributed by atoms with Gasteiger partial charge in [-0.2, -0.15) is 0 Å². The van der Waals surface area contributed by atoms with Gasteiger partial charge in [0.15, 0.2) is 9.84 Å². The zero-order valence-corrected chi connectivity index (χ0v) is 14.1. The molecule has 0 saturated carbocycles. The maximum Gasteiger partial charge on any atom is 0.242 e. The van der Waals surface area contributed by atoms with Crippen LogP contribution < -0.4 is 10.0 Å². The van der Waals surface area contributed by atoms with Crippen LogP contribution in [0.4, 0.5) is 5.69 Å². The molecule has 1 aromatic rings. The molecule has 0 atom stereocenters. The molecule has 0 aliphatic rings. The smallest absolute Gasteiger partial charge is 0.242 e. The molecule has 1 rings (SSSR count). The fraction of sp³-hybridized carbons (Fsp3) is 0.538. The maximum atomic E-state index is 12.3. The predicted octanol–water partition coefficient (Wildman–Crippen LogP) is 1.60. The number of sulfonamides is 1. The van der Waals surface area contributed by atoms with Crippen LogP contribution in [0.1, 0.15) is 26.7 Å². The molecule has 0 aliphatic carbocycles. The van der Waals surface area contributed by atoms with E-state index in [1.165, 1.54) is 18.2 Å². The van der Waals surface area contributed by atoms with Gasteiger partial charge in [-0.05, 0) is 31.0 Å². The Morgan fingerprint density at radius 2 is 1.62 bits per heavy atom. The van der Waals surface area contributed by atoms with Crippen LogP contribution in [-0.2, 0) is 19.9 Å². The van der Waals surface area contributed by atoms with Gasteiger partial charge < -0.3 is 5.32 Å². The summed E-state index contributed by atoms with van der Waals surface area (Å²) in [6.07, 6.45) is 2.54. The first-order valence-electron chi connectivity index (χ1n) is 6.80. The van der Waals surface area contributed by atoms with Gasteiger partial charge in [0, 0.05) is 19.3 Å². The first kappa shape index (κ1) is 17.9. The summed E-state index contributed by atoms with van der Waals surface area (Å²) >= 11 is 0. The first-order chi connectivity index (χ1) is 9.72. The molecule has 0 bridgehead atoms. The van der Waals surface area contributed by atoms with E-state index in [0.717, 1.165) is 12.7 Å². The van der Waals surface area contributed by atoms with Crippen LogP contribution in [-0.4, -0.2) is 36.2 Å². The molecule has 21 heavy (non-hydrogen) atoms. The van der Waals surface area contributed by atoms with E-state index in [2.05, 4.69) is 10.0 Å². The summed E-state index contributed by atoms with van der Waals surface area (Å²) in [6.45, 7) is 4.72. The number of benzene rings is 1. The molecule has 0 amide bonds. The van der Waals surface area contributed by atoms with Crippen molar-refractivity contribution >= 4 is 25.5 Å². The predicted molar refractivity (Wildman–Crippen MR) is 83.8 cm³/mol. The molecule has 0 fully saturated rings. The van der Waals surface area contributed by atoms with Gasteiger partial charge >= 0.3 is 0 Å². The number of hydrogen-bond acceptors (Lipinski definition) is 5. The zero-order chi connectivity index (χ0) is 16.1. The summed E-state index contributed by atoms with van der Waals surface area (Å²) in [6, 6.07) is 4.10. The van der Waals surface area contributed by atoms with Crippen molar-refractivity contribution in [2.45, 2.75) is 36.5 Å². The standard InChI is InChI=1S/C13H22N2O4S2/c1-4-8-14-12-7-6-11(20(3,16)17)10-13(12)21(18,19)15-9-5-2/h6-7,10,14-15H,4-5,8-9H2,1-3H3. The van der Waals surface area contributed by atoms with Gasteiger partial charge in [-0.3, -0.25) is 0 Å². The van der Waals surface area contributed by atoms with E-state index < -0.39 is 19.9 Å². The number of anilines is 1. The summed E-state index contributed by atoms with van der Waals surface area (Å²) in [4.78, 5) is -0.0475. The van der Waals surface area contributed by atoms with E-state index in [0.29, 0.717) is 25.2 Å². The van der Waals surface area contributed by atoms with Crippen molar-refractivity contribution in [1.29, 1.82) is 0 Å². The average Bonchev–Trinajstić information content (AvgIpc) is 2.41. The molecule has 2 N–H and O–H groups in total. The monoisotopic (exact) mass is 334 g/mol. The molecule has 0 radical (unpaired) electrons. The van der Waals surface area contributed by atoms with E-state index >= 15 is 0 Å². The molecular weight excluding hydrogens is 312 g/mol. The summed E-state index contributed by atoms with van der Waals surface area (Å²) in [7, 11) is -7.21. The van der Waals surface area contributed by atoms with Gasteiger partial charge in [-0.1, -0.05) is 13.8 Å². The topological polar surface area (TPSA) is 92.3 Å². The van der Waals surface area contributed by atoms with Crippen LogP contribution in [0, 0.1) is 0 Å². The van der Waals surface area contributed by atoms with Crippen LogP contribution in [0.25, 0.3) is 0 Å². The van der Waals surface area contributed by atoms with E-state index in [4.69, 9.17) is 0 Å². The molecule has 1 aromatic carbocycles. The van der Waals surface area contributed by atoms with Gasteiger partial charge in [0.05, 0.1) is 10.6 Å². The highest BCUT2D eigenvalue weighted by atomic mass is 32.2. The van der Waals surface area contributed by atoms with Gasteiger partial charge in [-0.25, -0.2) is 21.6 Å². The highest BCUT2D eigenvalue weighted by Crippen LogP contribution is 2.25. The Morgan fingerprint density at radius 1 is 1.00 bits per heavy atom. The fourth-order valence-corrected chi connectivity index (χ4v) is 3.74. The fourth-order valence-electron chi connectivity index (χ4n) is 1.68. The third kappa shape index (κ3) is 4.98. The Morgan fingerprint density at radius 3 is 2.14 bits per heavy atom. The minimum absolute atomic E-state index is 0.0126. The zero-order valence-electron chi connectivity index (χ0n) is 12.5. The molecule has 0 saturated heterocycles. The second-order valence-corrected chi connectivity index (χ2v) is 8.51. The van der Waals surface area contributed by atoms with Crippen molar-refractivity contribution in [1.82, 2.24) is 4.72 Å². The Labute approximate surface area is 126 Å². The lowest BCUT2D eigenvalue weighted by Gasteiger charge is -2.14. The third-order valence-electron chi connectivity index (χ3n) is 2.78. The van der Waals surface area contributed by atoms with Crippen LogP contribution in [0.5, 0.6) is 0 Å². The molecule has 120 valence electrons. The second kappa shape index (κ2) is 7.24. The Hall–Kier alpha value is -1.12. The highest BCUT2D eigenvalue weighted by molar-refractivity contribution is 7.91. The van der Waals surface area contributed by atoms with Crippen LogP contribution >= 0.6 is 0 Å². The summed E-state index contributed by atoms with van der Waals surface area (Å²) in [5, 5.41) is 3.01. The largest absolute Gasteiger partial charge is 0.384 e. The molecule has 6 nitrogen and oxygen atoms in total. The molecule has 0 aromatic heterocycles. The van der Waals surface area contributed by atoms with E-state index in [9.17, 15) is 16.8 Å². The van der Waals surface area contributed by atoms with Crippen LogP contribution in [0.3, 0.4) is 0 Å². The van der Waals surface area contributed by atoms with Crippen LogP contribution in [0.2, 0.25) is 0 Å². The van der Waals surface area contributed by atoms with Crippen molar-refractivity contribution in [3.05, 3.63) is 18.2 Å². The van der Waals surface area contributed by atoms with Crippen molar-refractivity contribution in [2.75, 3.05) is 24.7 Å². The Bertz CT molecular complexity index is 682. The van der Waals surface area contributed by atoms with Crippen molar-refractivity contribution in [3.8, 4) is 0 Å². The summed E-state index contributed by atoms with van der Waals surface area (Å²) in [5.74, 6) is 0.